The summed E-state index contributed by atoms with van der Waals surface area (Å²) in [6, 6.07) is 6.71. The average molecular weight is 374 g/mol. The number of fused-ring (bicyclic) bond motifs is 1. The van der Waals surface area contributed by atoms with Crippen molar-refractivity contribution >= 4 is 5.91 Å². The predicted octanol–water partition coefficient (Wildman–Crippen LogP) is 2.90. The monoisotopic (exact) mass is 374 g/mol. The van der Waals surface area contributed by atoms with Crippen LogP contribution in [0.2, 0.25) is 0 Å². The van der Waals surface area contributed by atoms with Gasteiger partial charge >= 0.3 is 0 Å². The second kappa shape index (κ2) is 7.52. The Bertz CT molecular complexity index is 921. The van der Waals surface area contributed by atoms with Crippen LogP contribution in [0.1, 0.15) is 32.3 Å². The topological polar surface area (TPSA) is 80.6 Å². The van der Waals surface area contributed by atoms with Gasteiger partial charge in [0.15, 0.2) is 0 Å². The number of hydroxylamine groups is 1. The van der Waals surface area contributed by atoms with Crippen molar-refractivity contribution < 1.29 is 19.1 Å². The molecule has 1 aromatic carbocycles. The molecule has 7 heteroatoms. The molecule has 0 saturated carbocycles. The maximum atomic E-state index is 14.7. The van der Waals surface area contributed by atoms with Crippen molar-refractivity contribution in [2.24, 2.45) is 5.41 Å². The number of hydrogen-bond donors (Lipinski definition) is 2. The number of nitrogens with one attached hydrogen (secondary N) is 1. The molecule has 144 valence electrons. The fraction of sp³-hybridized carbons (Fsp3) is 0.400. The minimum atomic E-state index is -0.887. The quantitative estimate of drug-likeness (QED) is 0.623. The van der Waals surface area contributed by atoms with Gasteiger partial charge in [-0.3, -0.25) is 14.8 Å². The molecule has 1 aromatic heterocycles. The van der Waals surface area contributed by atoms with Gasteiger partial charge in [-0.25, -0.2) is 9.87 Å². The highest BCUT2D eigenvalue weighted by atomic mass is 19.1. The number of halogens is 1. The number of rotatable bonds is 5. The van der Waals surface area contributed by atoms with Gasteiger partial charge in [-0.2, -0.15) is 0 Å². The molecule has 3 rings (SSSR count). The van der Waals surface area contributed by atoms with Gasteiger partial charge in [0.05, 0.1) is 6.61 Å². The number of hydrogen-bond acceptors (Lipinski definition) is 4. The zero-order valence-electron chi connectivity index (χ0n) is 15.4. The van der Waals surface area contributed by atoms with Gasteiger partial charge in [0.2, 0.25) is 5.91 Å². The fourth-order valence-electron chi connectivity index (χ4n) is 3.13. The average Bonchev–Trinajstić information content (AvgIpc) is 2.67. The lowest BCUT2D eigenvalue weighted by Gasteiger charge is -2.22. The third kappa shape index (κ3) is 4.03. The summed E-state index contributed by atoms with van der Waals surface area (Å²) in [7, 11) is 0. The molecule has 0 saturated heterocycles. The predicted molar refractivity (Wildman–Crippen MR) is 98.2 cm³/mol. The van der Waals surface area contributed by atoms with E-state index in [9.17, 15) is 14.0 Å². The summed E-state index contributed by atoms with van der Waals surface area (Å²) in [5.74, 6) is -0.247. The van der Waals surface area contributed by atoms with Crippen molar-refractivity contribution in [1.29, 1.82) is 0 Å². The first-order valence-electron chi connectivity index (χ1n) is 8.92. The molecule has 0 bridgehead atoms. The lowest BCUT2D eigenvalue weighted by Crippen LogP contribution is -2.36. The van der Waals surface area contributed by atoms with Gasteiger partial charge in [-0.1, -0.05) is 19.9 Å². The van der Waals surface area contributed by atoms with E-state index in [2.05, 4.69) is 0 Å². The van der Waals surface area contributed by atoms with Crippen molar-refractivity contribution in [3.8, 4) is 16.9 Å². The van der Waals surface area contributed by atoms with Gasteiger partial charge in [0.1, 0.15) is 11.6 Å². The summed E-state index contributed by atoms with van der Waals surface area (Å²) < 4.78 is 21.5. The van der Waals surface area contributed by atoms with Crippen LogP contribution < -0.4 is 15.8 Å². The molecule has 0 fully saturated rings. The first-order chi connectivity index (χ1) is 12.8. The Balaban J connectivity index is 1.85. The minimum absolute atomic E-state index is 0.161. The molecule has 6 nitrogen and oxygen atoms in total. The van der Waals surface area contributed by atoms with Crippen LogP contribution in [0.15, 0.2) is 35.3 Å². The Kier molecular flexibility index (Phi) is 5.32. The first-order valence-corrected chi connectivity index (χ1v) is 8.92. The number of ether oxygens (including phenoxy) is 1. The second-order valence-corrected chi connectivity index (χ2v) is 7.42. The van der Waals surface area contributed by atoms with Crippen molar-refractivity contribution in [3.05, 3.63) is 52.2 Å². The number of pyridine rings is 1. The van der Waals surface area contributed by atoms with Crippen LogP contribution in [-0.4, -0.2) is 22.3 Å². The summed E-state index contributed by atoms with van der Waals surface area (Å²) in [6.07, 6.45) is 3.22. The zero-order chi connectivity index (χ0) is 19.6. The summed E-state index contributed by atoms with van der Waals surface area (Å²) in [5, 5.41) is 8.78. The third-order valence-corrected chi connectivity index (χ3v) is 4.99. The number of carbonyl (C=O) groups is 1. The van der Waals surface area contributed by atoms with E-state index in [1.54, 1.807) is 25.4 Å². The van der Waals surface area contributed by atoms with Gasteiger partial charge < -0.3 is 9.30 Å². The zero-order valence-corrected chi connectivity index (χ0v) is 15.4. The SMILES string of the molecule is CC(C)(CCn1cc(F)c(-c2ccc3c(c2)CCCO3)cc1=O)C(=O)NO. The van der Waals surface area contributed by atoms with Crippen LogP contribution in [-0.2, 0) is 17.8 Å². The third-order valence-electron chi connectivity index (χ3n) is 4.99. The van der Waals surface area contributed by atoms with Crippen LogP contribution in [0, 0.1) is 11.2 Å². The summed E-state index contributed by atoms with van der Waals surface area (Å²) in [6.45, 7) is 4.13. The molecule has 0 spiro atoms. The van der Waals surface area contributed by atoms with Crippen molar-refractivity contribution in [3.63, 3.8) is 0 Å². The molecule has 1 aliphatic rings. The molecule has 1 amide bonds. The number of amides is 1. The molecular formula is C20H23FN2O4. The van der Waals surface area contributed by atoms with Crippen LogP contribution in [0.5, 0.6) is 5.75 Å². The lowest BCUT2D eigenvalue weighted by molar-refractivity contribution is -0.138. The minimum Gasteiger partial charge on any atom is -0.493 e. The van der Waals surface area contributed by atoms with E-state index in [1.165, 1.54) is 16.8 Å². The number of carbonyl (C=O) groups excluding carboxylic acids is 1. The van der Waals surface area contributed by atoms with Crippen LogP contribution in [0.25, 0.3) is 11.1 Å². The molecule has 1 aliphatic heterocycles. The highest BCUT2D eigenvalue weighted by Crippen LogP contribution is 2.31. The standard InChI is InChI=1S/C20H23FN2O4/c1-20(2,19(25)22-26)7-8-23-12-16(21)15(11-18(23)24)13-5-6-17-14(10-13)4-3-9-27-17/h5-6,10-12,26H,3-4,7-9H2,1-2H3,(H,22,25). The Morgan fingerprint density at radius 2 is 2.15 bits per heavy atom. The van der Waals surface area contributed by atoms with E-state index in [0.717, 1.165) is 24.2 Å². The van der Waals surface area contributed by atoms with E-state index in [0.29, 0.717) is 12.2 Å². The normalized spacial score (nSPS) is 13.6. The van der Waals surface area contributed by atoms with Gasteiger partial charge in [-0.05, 0) is 42.5 Å². The molecule has 2 aromatic rings. The Labute approximate surface area is 156 Å². The van der Waals surface area contributed by atoms with E-state index in [4.69, 9.17) is 9.94 Å². The summed E-state index contributed by atoms with van der Waals surface area (Å²) >= 11 is 0. The molecule has 2 heterocycles. The molecule has 2 N–H and O–H groups in total. The molecular weight excluding hydrogens is 351 g/mol. The fourth-order valence-corrected chi connectivity index (χ4v) is 3.13. The summed E-state index contributed by atoms with van der Waals surface area (Å²) in [5.41, 5.74) is 2.28. The Hall–Kier alpha value is -2.67. The van der Waals surface area contributed by atoms with Gasteiger partial charge in [0.25, 0.3) is 5.56 Å². The van der Waals surface area contributed by atoms with E-state index < -0.39 is 17.1 Å². The van der Waals surface area contributed by atoms with Gasteiger partial charge in [-0.15, -0.1) is 0 Å². The number of benzene rings is 1. The number of aromatic nitrogens is 1. The molecule has 27 heavy (non-hydrogen) atoms. The van der Waals surface area contributed by atoms with E-state index in [1.807, 2.05) is 12.1 Å². The number of aryl methyl sites for hydroxylation is 2. The Morgan fingerprint density at radius 1 is 1.37 bits per heavy atom. The molecule has 0 atom stereocenters. The molecule has 0 radical (unpaired) electrons. The lowest BCUT2D eigenvalue weighted by atomic mass is 9.88. The van der Waals surface area contributed by atoms with Gasteiger partial charge in [0, 0.05) is 29.8 Å². The van der Waals surface area contributed by atoms with Crippen molar-refractivity contribution in [1.82, 2.24) is 10.0 Å². The van der Waals surface area contributed by atoms with E-state index in [-0.39, 0.29) is 24.1 Å². The first kappa shape index (κ1) is 19.1. The van der Waals surface area contributed by atoms with Crippen LogP contribution in [0.3, 0.4) is 0 Å². The van der Waals surface area contributed by atoms with Crippen molar-refractivity contribution in [2.45, 2.75) is 39.7 Å². The van der Waals surface area contributed by atoms with Crippen LogP contribution >= 0.6 is 0 Å². The maximum Gasteiger partial charge on any atom is 0.251 e. The second-order valence-electron chi connectivity index (χ2n) is 7.42. The molecule has 0 unspecified atom stereocenters. The number of nitrogens with zero attached hydrogens (tertiary/aromatic N) is 1. The highest BCUT2D eigenvalue weighted by Gasteiger charge is 2.27. The maximum absolute atomic E-state index is 14.7. The van der Waals surface area contributed by atoms with Crippen LogP contribution in [0.4, 0.5) is 4.39 Å². The van der Waals surface area contributed by atoms with Crippen molar-refractivity contribution in [2.75, 3.05) is 6.61 Å². The highest BCUT2D eigenvalue weighted by molar-refractivity contribution is 5.80. The largest absolute Gasteiger partial charge is 0.493 e. The Morgan fingerprint density at radius 3 is 2.89 bits per heavy atom. The molecule has 0 aliphatic carbocycles. The van der Waals surface area contributed by atoms with E-state index >= 15 is 0 Å². The summed E-state index contributed by atoms with van der Waals surface area (Å²) in [4.78, 5) is 24.1. The smallest absolute Gasteiger partial charge is 0.251 e.